The van der Waals surface area contributed by atoms with Gasteiger partial charge in [-0.15, -0.1) is 0 Å². The van der Waals surface area contributed by atoms with Crippen LogP contribution in [0.4, 0.5) is 9.18 Å². The third-order valence-electron chi connectivity index (χ3n) is 6.44. The molecular weight excluding hydrogens is 423 g/mol. The zero-order valence-electron chi connectivity index (χ0n) is 17.6. The molecule has 1 unspecified atom stereocenters. The van der Waals surface area contributed by atoms with E-state index in [2.05, 4.69) is 5.32 Å². The Bertz CT molecular complexity index is 962. The molecule has 3 saturated heterocycles. The van der Waals surface area contributed by atoms with E-state index in [0.717, 1.165) is 18.4 Å². The van der Waals surface area contributed by atoms with Gasteiger partial charge >= 0.3 is 6.03 Å². The highest BCUT2D eigenvalue weighted by molar-refractivity contribution is 7.91. The minimum absolute atomic E-state index is 0.0121. The second kappa shape index (κ2) is 8.74. The topological polar surface area (TPSA) is 103 Å². The summed E-state index contributed by atoms with van der Waals surface area (Å²) in [5.41, 5.74) is 0.754. The molecule has 0 bridgehead atoms. The third kappa shape index (κ3) is 5.01. The van der Waals surface area contributed by atoms with Crippen LogP contribution in [0.3, 0.4) is 0 Å². The summed E-state index contributed by atoms with van der Waals surface area (Å²) in [6.45, 7) is 2.41. The maximum atomic E-state index is 13.6. The van der Waals surface area contributed by atoms with Crippen molar-refractivity contribution in [1.82, 2.24) is 15.1 Å². The number of morpholine rings is 1. The van der Waals surface area contributed by atoms with Crippen LogP contribution in [0, 0.1) is 16.5 Å². The van der Waals surface area contributed by atoms with Gasteiger partial charge in [-0.25, -0.2) is 18.2 Å². The van der Waals surface area contributed by atoms with Crippen molar-refractivity contribution in [1.29, 1.82) is 4.78 Å². The number of amides is 3. The van der Waals surface area contributed by atoms with Crippen molar-refractivity contribution >= 4 is 21.7 Å². The highest BCUT2D eigenvalue weighted by Gasteiger charge is 2.38. The molecule has 10 heteroatoms. The highest BCUT2D eigenvalue weighted by Crippen LogP contribution is 2.27. The number of nitrogens with zero attached hydrogens (tertiary/aromatic N) is 2. The van der Waals surface area contributed by atoms with Gasteiger partial charge < -0.3 is 19.9 Å². The molecule has 2 N–H and O–H groups in total. The van der Waals surface area contributed by atoms with Gasteiger partial charge in [-0.1, -0.05) is 6.07 Å². The number of rotatable bonds is 3. The lowest BCUT2D eigenvalue weighted by Crippen LogP contribution is -2.62. The zero-order chi connectivity index (χ0) is 22.2. The fourth-order valence-corrected chi connectivity index (χ4v) is 5.76. The number of fused-ring (bicyclic) bond motifs is 1. The minimum atomic E-state index is -3.01. The summed E-state index contributed by atoms with van der Waals surface area (Å²) in [7, 11) is -3.01. The molecule has 0 aliphatic carbocycles. The molecule has 170 valence electrons. The predicted molar refractivity (Wildman–Crippen MR) is 113 cm³/mol. The Morgan fingerprint density at radius 3 is 2.68 bits per heavy atom. The number of carbonyl (C=O) groups is 2. The number of piperidine rings is 2. The Morgan fingerprint density at radius 1 is 1.26 bits per heavy atom. The Labute approximate surface area is 182 Å². The van der Waals surface area contributed by atoms with E-state index in [1.54, 1.807) is 11.0 Å². The highest BCUT2D eigenvalue weighted by atomic mass is 32.2. The largest absolute Gasteiger partial charge is 0.366 e. The molecule has 3 fully saturated rings. The summed E-state index contributed by atoms with van der Waals surface area (Å²) in [4.78, 5) is 28.5. The number of ether oxygens (including phenoxy) is 1. The lowest BCUT2D eigenvalue weighted by atomic mass is 9.90. The van der Waals surface area contributed by atoms with Crippen LogP contribution in [0.1, 0.15) is 24.8 Å². The van der Waals surface area contributed by atoms with E-state index >= 15 is 0 Å². The third-order valence-corrected chi connectivity index (χ3v) is 7.66. The molecule has 3 atom stereocenters. The van der Waals surface area contributed by atoms with Gasteiger partial charge in [0.15, 0.2) is 0 Å². The Morgan fingerprint density at radius 2 is 1.97 bits per heavy atom. The van der Waals surface area contributed by atoms with Gasteiger partial charge in [0.1, 0.15) is 12.4 Å². The molecule has 0 saturated carbocycles. The second-order valence-corrected chi connectivity index (χ2v) is 10.9. The summed E-state index contributed by atoms with van der Waals surface area (Å²) in [5, 5.41) is 2.92. The molecule has 1 aromatic carbocycles. The number of hydrogen-bond donors (Lipinski definition) is 2. The average molecular weight is 453 g/mol. The first-order chi connectivity index (χ1) is 14.7. The van der Waals surface area contributed by atoms with E-state index < -0.39 is 15.5 Å². The number of likely N-dealkylation sites (tertiary alicyclic amines) is 2. The van der Waals surface area contributed by atoms with Crippen LogP contribution in [0.15, 0.2) is 23.1 Å². The van der Waals surface area contributed by atoms with Gasteiger partial charge in [0.25, 0.3) is 0 Å². The molecule has 1 aromatic rings. The average Bonchev–Trinajstić information content (AvgIpc) is 2.74. The Balaban J connectivity index is 1.33. The first-order valence-corrected chi connectivity index (χ1v) is 12.6. The summed E-state index contributed by atoms with van der Waals surface area (Å²) in [6, 6.07) is 4.02. The van der Waals surface area contributed by atoms with Gasteiger partial charge in [-0.3, -0.25) is 4.79 Å². The number of halogens is 1. The van der Waals surface area contributed by atoms with Crippen LogP contribution in [-0.2, 0) is 25.7 Å². The van der Waals surface area contributed by atoms with E-state index in [9.17, 15) is 18.2 Å². The van der Waals surface area contributed by atoms with Gasteiger partial charge in [-0.2, -0.15) is 0 Å². The van der Waals surface area contributed by atoms with E-state index in [0.29, 0.717) is 39.0 Å². The van der Waals surface area contributed by atoms with E-state index in [-0.39, 0.29) is 41.5 Å². The van der Waals surface area contributed by atoms with Crippen molar-refractivity contribution < 1.29 is 22.9 Å². The van der Waals surface area contributed by atoms with Crippen molar-refractivity contribution in [3.63, 3.8) is 0 Å². The maximum absolute atomic E-state index is 13.6. The molecule has 0 spiro atoms. The second-order valence-electron chi connectivity index (χ2n) is 8.77. The number of carbonyl (C=O) groups excluding carboxylic acids is 2. The summed E-state index contributed by atoms with van der Waals surface area (Å²) >= 11 is 0. The van der Waals surface area contributed by atoms with Crippen LogP contribution in [0.25, 0.3) is 0 Å². The molecule has 8 nitrogen and oxygen atoms in total. The summed E-state index contributed by atoms with van der Waals surface area (Å²) < 4.78 is 39.3. The lowest BCUT2D eigenvalue weighted by Gasteiger charge is -2.43. The number of hydrogen-bond acceptors (Lipinski definition) is 5. The molecule has 0 aromatic heterocycles. The lowest BCUT2D eigenvalue weighted by molar-refractivity contribution is -0.139. The van der Waals surface area contributed by atoms with Crippen LogP contribution < -0.4 is 5.32 Å². The molecule has 3 amide bonds. The van der Waals surface area contributed by atoms with Gasteiger partial charge in [0.2, 0.25) is 5.91 Å². The van der Waals surface area contributed by atoms with Crippen LogP contribution in [0.5, 0.6) is 0 Å². The van der Waals surface area contributed by atoms with Gasteiger partial charge in [-0.05, 0) is 49.3 Å². The zero-order valence-corrected chi connectivity index (χ0v) is 18.5. The Kier molecular flexibility index (Phi) is 6.20. The fourth-order valence-electron chi connectivity index (χ4n) is 4.77. The molecular formula is C21H29FN4O4S. The fraction of sp³-hybridized carbons (Fsp3) is 0.619. The van der Waals surface area contributed by atoms with Crippen LogP contribution in [0.2, 0.25) is 0 Å². The first kappa shape index (κ1) is 22.0. The maximum Gasteiger partial charge on any atom is 0.320 e. The molecule has 0 radical (unpaired) electrons. The quantitative estimate of drug-likeness (QED) is 0.730. The molecule has 4 rings (SSSR count). The van der Waals surface area contributed by atoms with E-state index in [1.807, 2.05) is 4.90 Å². The standard InChI is InChI=1S/C21H29FN4O4S/c1-31(23,29)19-11-16(22)3-2-15(19)10-14-4-7-25(8-5-14)21(28)26-9-6-18-17(12-26)24-20(27)13-30-18/h2-3,11,14,17-18,23H,4-10,12-13H2,1H3,(H,24,27)/t17-,18+,31?/m1/s1. The monoisotopic (exact) mass is 452 g/mol. The van der Waals surface area contributed by atoms with Crippen molar-refractivity contribution in [3.05, 3.63) is 29.6 Å². The molecule has 31 heavy (non-hydrogen) atoms. The van der Waals surface area contributed by atoms with E-state index in [4.69, 9.17) is 9.52 Å². The Hall–Kier alpha value is -2.20. The van der Waals surface area contributed by atoms with Crippen molar-refractivity contribution in [2.24, 2.45) is 5.92 Å². The van der Waals surface area contributed by atoms with Crippen LogP contribution >= 0.6 is 0 Å². The predicted octanol–water partition coefficient (Wildman–Crippen LogP) is 1.82. The molecule has 3 aliphatic rings. The van der Waals surface area contributed by atoms with Crippen molar-refractivity contribution in [3.8, 4) is 0 Å². The van der Waals surface area contributed by atoms with Crippen molar-refractivity contribution in [2.45, 2.75) is 42.7 Å². The number of benzene rings is 1. The molecule has 3 heterocycles. The summed E-state index contributed by atoms with van der Waals surface area (Å²) in [6.07, 6.45) is 4.22. The number of urea groups is 1. The normalized spacial score (nSPS) is 26.7. The minimum Gasteiger partial charge on any atom is -0.366 e. The van der Waals surface area contributed by atoms with E-state index in [1.165, 1.54) is 18.4 Å². The number of nitrogens with one attached hydrogen (secondary N) is 2. The van der Waals surface area contributed by atoms with Crippen LogP contribution in [-0.4, -0.2) is 77.1 Å². The summed E-state index contributed by atoms with van der Waals surface area (Å²) in [5.74, 6) is -0.337. The van der Waals surface area contributed by atoms with Gasteiger partial charge in [0.05, 0.1) is 26.8 Å². The van der Waals surface area contributed by atoms with Gasteiger partial charge in [0, 0.05) is 32.4 Å². The van der Waals surface area contributed by atoms with Crippen molar-refractivity contribution in [2.75, 3.05) is 39.0 Å². The SMILES string of the molecule is CS(=N)(=O)c1cc(F)ccc1CC1CCN(C(=O)N2CC[C@@H]3OCC(=O)N[C@@H]3C2)CC1. The smallest absolute Gasteiger partial charge is 0.320 e. The first-order valence-electron chi connectivity index (χ1n) is 10.7. The molecule has 3 aliphatic heterocycles.